The Labute approximate surface area is 79.3 Å². The van der Waals surface area contributed by atoms with Gasteiger partial charge in [0.25, 0.3) is 0 Å². The molecular formula is C11H18O2. The number of hydrogen-bond acceptors (Lipinski definition) is 1. The van der Waals surface area contributed by atoms with Crippen LogP contribution in [0.5, 0.6) is 0 Å². The monoisotopic (exact) mass is 182 g/mol. The molecule has 74 valence electrons. The average Bonchev–Trinajstić information content (AvgIpc) is 2.36. The third-order valence-electron chi connectivity index (χ3n) is 4.52. The lowest BCUT2D eigenvalue weighted by Crippen LogP contribution is -2.40. The second-order valence-electron chi connectivity index (χ2n) is 5.69. The second-order valence-corrected chi connectivity index (χ2v) is 5.69. The summed E-state index contributed by atoms with van der Waals surface area (Å²) in [5.41, 5.74) is 0.0961. The minimum Gasteiger partial charge on any atom is -0.481 e. The molecule has 0 radical (unpaired) electrons. The maximum Gasteiger partial charge on any atom is 0.307 e. The number of carboxylic acids is 1. The van der Waals surface area contributed by atoms with Crippen LogP contribution in [0.25, 0.3) is 0 Å². The van der Waals surface area contributed by atoms with E-state index in [2.05, 4.69) is 20.8 Å². The summed E-state index contributed by atoms with van der Waals surface area (Å²) in [7, 11) is 0. The van der Waals surface area contributed by atoms with Crippen LogP contribution in [0.15, 0.2) is 0 Å². The highest BCUT2D eigenvalue weighted by Crippen LogP contribution is 2.65. The molecule has 0 aromatic heterocycles. The Balaban J connectivity index is 2.39. The van der Waals surface area contributed by atoms with Gasteiger partial charge in [-0.3, -0.25) is 4.79 Å². The van der Waals surface area contributed by atoms with Crippen LogP contribution in [0.3, 0.4) is 0 Å². The van der Waals surface area contributed by atoms with E-state index < -0.39 is 5.97 Å². The van der Waals surface area contributed by atoms with E-state index in [0.29, 0.717) is 5.92 Å². The molecule has 0 spiro atoms. The molecule has 0 aliphatic heterocycles. The molecule has 0 unspecified atom stereocenters. The van der Waals surface area contributed by atoms with Crippen molar-refractivity contribution in [3.63, 3.8) is 0 Å². The minimum absolute atomic E-state index is 0.0127. The molecule has 1 N–H and O–H groups in total. The highest BCUT2D eigenvalue weighted by molar-refractivity contribution is 5.73. The van der Waals surface area contributed by atoms with Gasteiger partial charge in [0.2, 0.25) is 0 Å². The van der Waals surface area contributed by atoms with E-state index in [9.17, 15) is 9.90 Å². The fraction of sp³-hybridized carbons (Fsp3) is 0.909. The molecule has 2 aliphatic carbocycles. The lowest BCUT2D eigenvalue weighted by Gasteiger charge is -2.39. The highest BCUT2D eigenvalue weighted by Gasteiger charge is 2.62. The lowest BCUT2D eigenvalue weighted by atomic mass is 9.64. The van der Waals surface area contributed by atoms with Crippen molar-refractivity contribution >= 4 is 5.97 Å². The number of carboxylic acid groups (broad SMARTS) is 1. The molecule has 2 bridgehead atoms. The molecule has 0 aromatic carbocycles. The van der Waals surface area contributed by atoms with Crippen molar-refractivity contribution in [1.82, 2.24) is 0 Å². The molecular weight excluding hydrogens is 164 g/mol. The van der Waals surface area contributed by atoms with Crippen LogP contribution in [0.4, 0.5) is 0 Å². The lowest BCUT2D eigenvalue weighted by molar-refractivity contribution is -0.151. The van der Waals surface area contributed by atoms with Gasteiger partial charge in [0, 0.05) is 0 Å². The van der Waals surface area contributed by atoms with Crippen LogP contribution in [0.1, 0.15) is 40.0 Å². The SMILES string of the molecule is CC1(C)[C@@H]2CC[C@](C)(C2)[C@@H]1C(=O)O. The largest absolute Gasteiger partial charge is 0.481 e. The smallest absolute Gasteiger partial charge is 0.307 e. The summed E-state index contributed by atoms with van der Waals surface area (Å²) in [5.74, 6) is -0.0768. The Morgan fingerprint density at radius 1 is 1.38 bits per heavy atom. The van der Waals surface area contributed by atoms with Crippen molar-refractivity contribution in [3.8, 4) is 0 Å². The van der Waals surface area contributed by atoms with Gasteiger partial charge >= 0.3 is 5.97 Å². The zero-order chi connectivity index (χ0) is 9.85. The molecule has 0 saturated heterocycles. The minimum atomic E-state index is -0.588. The molecule has 13 heavy (non-hydrogen) atoms. The Hall–Kier alpha value is -0.530. The number of rotatable bonds is 1. The number of carbonyl (C=O) groups is 1. The maximum atomic E-state index is 11.2. The van der Waals surface area contributed by atoms with Crippen LogP contribution < -0.4 is 0 Å². The van der Waals surface area contributed by atoms with Crippen molar-refractivity contribution in [2.45, 2.75) is 40.0 Å². The first kappa shape index (κ1) is 9.04. The summed E-state index contributed by atoms with van der Waals surface area (Å²) < 4.78 is 0. The Morgan fingerprint density at radius 2 is 2.00 bits per heavy atom. The summed E-state index contributed by atoms with van der Waals surface area (Å²) >= 11 is 0. The normalized spacial score (nSPS) is 46.7. The fourth-order valence-electron chi connectivity index (χ4n) is 3.92. The zero-order valence-electron chi connectivity index (χ0n) is 8.63. The van der Waals surface area contributed by atoms with Crippen molar-refractivity contribution in [3.05, 3.63) is 0 Å². The summed E-state index contributed by atoms with van der Waals surface area (Å²) in [6.07, 6.45) is 3.46. The molecule has 3 atom stereocenters. The molecule has 0 aromatic rings. The van der Waals surface area contributed by atoms with E-state index in [1.54, 1.807) is 0 Å². The second kappa shape index (κ2) is 2.28. The molecule has 0 heterocycles. The quantitative estimate of drug-likeness (QED) is 0.676. The summed E-state index contributed by atoms with van der Waals surface area (Å²) in [4.78, 5) is 11.2. The van der Waals surface area contributed by atoms with Crippen molar-refractivity contribution < 1.29 is 9.90 Å². The molecule has 2 saturated carbocycles. The van der Waals surface area contributed by atoms with Gasteiger partial charge in [-0.05, 0) is 36.0 Å². The van der Waals surface area contributed by atoms with E-state index in [-0.39, 0.29) is 16.7 Å². The standard InChI is InChI=1S/C11H18O2/c1-10(2)7-4-5-11(3,6-7)8(10)9(12)13/h7-8H,4-6H2,1-3H3,(H,12,13)/t7-,8-,11-/m1/s1. The predicted molar refractivity (Wildman–Crippen MR) is 50.4 cm³/mol. The van der Waals surface area contributed by atoms with Gasteiger partial charge < -0.3 is 5.11 Å². The van der Waals surface area contributed by atoms with E-state index in [4.69, 9.17) is 0 Å². The Morgan fingerprint density at radius 3 is 2.31 bits per heavy atom. The molecule has 2 heteroatoms. The predicted octanol–water partition coefficient (Wildman–Crippen LogP) is 2.53. The molecule has 2 rings (SSSR count). The fourth-order valence-corrected chi connectivity index (χ4v) is 3.92. The summed E-state index contributed by atoms with van der Waals surface area (Å²) in [6.45, 7) is 6.41. The first-order valence-corrected chi connectivity index (χ1v) is 5.11. The maximum absolute atomic E-state index is 11.2. The van der Waals surface area contributed by atoms with E-state index in [1.807, 2.05) is 0 Å². The number of fused-ring (bicyclic) bond motifs is 2. The van der Waals surface area contributed by atoms with Gasteiger partial charge in [0.15, 0.2) is 0 Å². The van der Waals surface area contributed by atoms with Crippen molar-refractivity contribution in [1.29, 1.82) is 0 Å². The molecule has 2 aliphatic rings. The van der Waals surface area contributed by atoms with Crippen LogP contribution in [-0.2, 0) is 4.79 Å². The van der Waals surface area contributed by atoms with Crippen LogP contribution >= 0.6 is 0 Å². The van der Waals surface area contributed by atoms with Gasteiger partial charge in [-0.25, -0.2) is 0 Å². The van der Waals surface area contributed by atoms with E-state index in [0.717, 1.165) is 12.8 Å². The van der Waals surface area contributed by atoms with Gasteiger partial charge in [-0.1, -0.05) is 20.8 Å². The van der Waals surface area contributed by atoms with Crippen LogP contribution in [-0.4, -0.2) is 11.1 Å². The summed E-state index contributed by atoms with van der Waals surface area (Å²) in [6, 6.07) is 0. The van der Waals surface area contributed by atoms with Gasteiger partial charge in [-0.15, -0.1) is 0 Å². The summed E-state index contributed by atoms with van der Waals surface area (Å²) in [5, 5.41) is 9.24. The molecule has 2 fully saturated rings. The Bertz CT molecular complexity index is 252. The first-order valence-electron chi connectivity index (χ1n) is 5.11. The van der Waals surface area contributed by atoms with Gasteiger partial charge in [0.1, 0.15) is 0 Å². The van der Waals surface area contributed by atoms with Crippen LogP contribution in [0.2, 0.25) is 0 Å². The van der Waals surface area contributed by atoms with Crippen molar-refractivity contribution in [2.24, 2.45) is 22.7 Å². The molecule has 0 amide bonds. The highest BCUT2D eigenvalue weighted by atomic mass is 16.4. The number of aliphatic carboxylic acids is 1. The first-order chi connectivity index (χ1) is 5.88. The Kier molecular flexibility index (Phi) is 1.59. The van der Waals surface area contributed by atoms with E-state index >= 15 is 0 Å². The topological polar surface area (TPSA) is 37.3 Å². The third-order valence-corrected chi connectivity index (χ3v) is 4.52. The third kappa shape index (κ3) is 0.976. The van der Waals surface area contributed by atoms with E-state index in [1.165, 1.54) is 6.42 Å². The average molecular weight is 182 g/mol. The molecule has 2 nitrogen and oxygen atoms in total. The van der Waals surface area contributed by atoms with Crippen LogP contribution in [0, 0.1) is 22.7 Å². The number of hydrogen-bond donors (Lipinski definition) is 1. The zero-order valence-corrected chi connectivity index (χ0v) is 8.63. The van der Waals surface area contributed by atoms with Crippen molar-refractivity contribution in [2.75, 3.05) is 0 Å². The van der Waals surface area contributed by atoms with Gasteiger partial charge in [0.05, 0.1) is 5.92 Å². The van der Waals surface area contributed by atoms with Gasteiger partial charge in [-0.2, -0.15) is 0 Å².